The first-order valence-corrected chi connectivity index (χ1v) is 10.1. The van der Waals surface area contributed by atoms with Crippen LogP contribution in [-0.2, 0) is 17.8 Å². The molecule has 0 saturated heterocycles. The molecule has 0 fully saturated rings. The smallest absolute Gasteiger partial charge is 0.230 e. The molecule has 0 saturated carbocycles. The van der Waals surface area contributed by atoms with E-state index in [2.05, 4.69) is 20.1 Å². The molecule has 2 aromatic rings. The fourth-order valence-electron chi connectivity index (χ4n) is 2.84. The highest BCUT2D eigenvalue weighted by Crippen LogP contribution is 2.26. The van der Waals surface area contributed by atoms with Gasteiger partial charge in [-0.3, -0.25) is 4.79 Å². The minimum Gasteiger partial charge on any atom is -0.349 e. The van der Waals surface area contributed by atoms with Crippen LogP contribution < -0.4 is 5.32 Å². The molecule has 0 unspecified atom stereocenters. The number of hydrogen-bond acceptors (Lipinski definition) is 4. The third-order valence-electron chi connectivity index (χ3n) is 4.23. The predicted octanol–water partition coefficient (Wildman–Crippen LogP) is 4.28. The Bertz CT molecular complexity index is 765. The molecule has 1 aromatic heterocycles. The highest BCUT2D eigenvalue weighted by Gasteiger charge is 2.17. The summed E-state index contributed by atoms with van der Waals surface area (Å²) in [6, 6.07) is 5.24. The lowest BCUT2D eigenvalue weighted by Crippen LogP contribution is -2.28. The molecule has 1 aliphatic rings. The molecule has 0 bridgehead atoms. The van der Waals surface area contributed by atoms with E-state index in [0.29, 0.717) is 15.8 Å². The molecule has 3 rings (SSSR count). The van der Waals surface area contributed by atoms with Crippen LogP contribution in [0.2, 0.25) is 10.0 Å². The maximum atomic E-state index is 12.3. The van der Waals surface area contributed by atoms with Crippen LogP contribution in [0.5, 0.6) is 0 Å². The zero-order chi connectivity index (χ0) is 17.8. The SMILES string of the molecule is C[C@@H](NC(=O)CSc1nnc2n1CCCCC2)c1ccc(Cl)c(Cl)c1. The number of carbonyl (C=O) groups is 1. The maximum absolute atomic E-state index is 12.3. The largest absolute Gasteiger partial charge is 0.349 e. The van der Waals surface area contributed by atoms with Gasteiger partial charge < -0.3 is 9.88 Å². The van der Waals surface area contributed by atoms with Gasteiger partial charge in [0.1, 0.15) is 5.82 Å². The summed E-state index contributed by atoms with van der Waals surface area (Å²) in [5, 5.41) is 13.3. The van der Waals surface area contributed by atoms with Gasteiger partial charge in [0, 0.05) is 13.0 Å². The molecule has 8 heteroatoms. The molecule has 0 radical (unpaired) electrons. The molecule has 0 aliphatic carbocycles. The van der Waals surface area contributed by atoms with E-state index >= 15 is 0 Å². The number of thioether (sulfide) groups is 1. The van der Waals surface area contributed by atoms with Crippen molar-refractivity contribution in [2.75, 3.05) is 5.75 Å². The van der Waals surface area contributed by atoms with Gasteiger partial charge >= 0.3 is 0 Å². The molecule has 1 amide bonds. The standard InChI is InChI=1S/C17H20Cl2N4OS/c1-11(12-6-7-13(18)14(19)9-12)20-16(24)10-25-17-22-21-15-5-3-2-4-8-23(15)17/h6-7,9,11H,2-5,8,10H2,1H3,(H,20,24)/t11-/m1/s1. The number of benzene rings is 1. The summed E-state index contributed by atoms with van der Waals surface area (Å²) in [6.45, 7) is 2.86. The van der Waals surface area contributed by atoms with Crippen molar-refractivity contribution in [3.8, 4) is 0 Å². The van der Waals surface area contributed by atoms with Crippen molar-refractivity contribution < 1.29 is 4.79 Å². The third-order valence-corrected chi connectivity index (χ3v) is 5.93. The number of carbonyl (C=O) groups excluding carboxylic acids is 1. The predicted molar refractivity (Wildman–Crippen MR) is 101 cm³/mol. The first-order valence-electron chi connectivity index (χ1n) is 8.34. The lowest BCUT2D eigenvalue weighted by atomic mass is 10.1. The molecule has 134 valence electrons. The summed E-state index contributed by atoms with van der Waals surface area (Å²) in [6.07, 6.45) is 4.48. The van der Waals surface area contributed by atoms with Crippen molar-refractivity contribution in [3.63, 3.8) is 0 Å². The monoisotopic (exact) mass is 398 g/mol. The van der Waals surface area contributed by atoms with Gasteiger partial charge in [-0.1, -0.05) is 47.5 Å². The van der Waals surface area contributed by atoms with Crippen molar-refractivity contribution in [3.05, 3.63) is 39.6 Å². The van der Waals surface area contributed by atoms with E-state index in [1.807, 2.05) is 13.0 Å². The normalized spacial score (nSPS) is 15.3. The van der Waals surface area contributed by atoms with E-state index in [4.69, 9.17) is 23.2 Å². The van der Waals surface area contributed by atoms with Crippen LogP contribution in [0.1, 0.15) is 43.6 Å². The minimum absolute atomic E-state index is 0.0467. The van der Waals surface area contributed by atoms with E-state index < -0.39 is 0 Å². The fourth-order valence-corrected chi connectivity index (χ4v) is 3.94. The van der Waals surface area contributed by atoms with E-state index in [9.17, 15) is 4.79 Å². The molecule has 0 spiro atoms. The van der Waals surface area contributed by atoms with Crippen LogP contribution >= 0.6 is 35.0 Å². The van der Waals surface area contributed by atoms with Crippen molar-refractivity contribution in [2.45, 2.75) is 50.4 Å². The molecule has 1 aliphatic heterocycles. The lowest BCUT2D eigenvalue weighted by molar-refractivity contribution is -0.119. The van der Waals surface area contributed by atoms with E-state index in [0.717, 1.165) is 42.4 Å². The number of hydrogen-bond donors (Lipinski definition) is 1. The van der Waals surface area contributed by atoms with Crippen molar-refractivity contribution in [1.82, 2.24) is 20.1 Å². The van der Waals surface area contributed by atoms with Gasteiger partial charge in [-0.2, -0.15) is 0 Å². The summed E-state index contributed by atoms with van der Waals surface area (Å²) in [5.74, 6) is 1.29. The number of rotatable bonds is 5. The Balaban J connectivity index is 1.56. The third kappa shape index (κ3) is 4.68. The molecule has 1 aromatic carbocycles. The van der Waals surface area contributed by atoms with Gasteiger partial charge in [0.25, 0.3) is 0 Å². The first kappa shape index (κ1) is 18.5. The molecular formula is C17H20Cl2N4OS. The molecular weight excluding hydrogens is 379 g/mol. The van der Waals surface area contributed by atoms with Gasteiger partial charge in [-0.25, -0.2) is 0 Å². The van der Waals surface area contributed by atoms with Gasteiger partial charge in [0.2, 0.25) is 5.91 Å². The number of nitrogens with one attached hydrogen (secondary N) is 1. The van der Waals surface area contributed by atoms with E-state index in [1.165, 1.54) is 18.2 Å². The van der Waals surface area contributed by atoms with Gasteiger partial charge in [0.05, 0.1) is 21.8 Å². The minimum atomic E-state index is -0.140. The zero-order valence-electron chi connectivity index (χ0n) is 14.0. The Labute approximate surface area is 161 Å². The summed E-state index contributed by atoms with van der Waals surface area (Å²) < 4.78 is 2.15. The molecule has 25 heavy (non-hydrogen) atoms. The second kappa shape index (κ2) is 8.43. The van der Waals surface area contributed by atoms with Crippen LogP contribution in [0.4, 0.5) is 0 Å². The van der Waals surface area contributed by atoms with Crippen molar-refractivity contribution in [2.24, 2.45) is 0 Å². The molecule has 2 heterocycles. The Morgan fingerprint density at radius 1 is 1.28 bits per heavy atom. The maximum Gasteiger partial charge on any atom is 0.230 e. The number of aromatic nitrogens is 3. The lowest BCUT2D eigenvalue weighted by Gasteiger charge is -2.15. The average molecular weight is 399 g/mol. The highest BCUT2D eigenvalue weighted by molar-refractivity contribution is 7.99. The Kier molecular flexibility index (Phi) is 6.25. The second-order valence-electron chi connectivity index (χ2n) is 6.11. The summed E-state index contributed by atoms with van der Waals surface area (Å²) in [4.78, 5) is 12.3. The zero-order valence-corrected chi connectivity index (χ0v) is 16.3. The fraction of sp³-hybridized carbons (Fsp3) is 0.471. The van der Waals surface area contributed by atoms with Crippen LogP contribution in [0.15, 0.2) is 23.4 Å². The van der Waals surface area contributed by atoms with Crippen molar-refractivity contribution in [1.29, 1.82) is 0 Å². The second-order valence-corrected chi connectivity index (χ2v) is 7.87. The summed E-state index contributed by atoms with van der Waals surface area (Å²) in [5.41, 5.74) is 0.920. The number of nitrogens with zero attached hydrogens (tertiary/aromatic N) is 3. The van der Waals surface area contributed by atoms with E-state index in [1.54, 1.807) is 12.1 Å². The number of fused-ring (bicyclic) bond motifs is 1. The first-order chi connectivity index (χ1) is 12.0. The quantitative estimate of drug-likeness (QED) is 0.763. The van der Waals surface area contributed by atoms with Crippen molar-refractivity contribution >= 4 is 40.9 Å². The Hall–Kier alpha value is -1.24. The molecule has 1 N–H and O–H groups in total. The van der Waals surface area contributed by atoms with E-state index in [-0.39, 0.29) is 11.9 Å². The van der Waals surface area contributed by atoms with Crippen LogP contribution in [-0.4, -0.2) is 26.4 Å². The highest BCUT2D eigenvalue weighted by atomic mass is 35.5. The summed E-state index contributed by atoms with van der Waals surface area (Å²) in [7, 11) is 0. The van der Waals surface area contributed by atoms with Gasteiger partial charge in [-0.05, 0) is 37.5 Å². The van der Waals surface area contributed by atoms with Gasteiger partial charge in [-0.15, -0.1) is 10.2 Å². The van der Waals surface area contributed by atoms with Crippen LogP contribution in [0.3, 0.4) is 0 Å². The van der Waals surface area contributed by atoms with Crippen LogP contribution in [0.25, 0.3) is 0 Å². The number of amides is 1. The average Bonchev–Trinajstić information content (AvgIpc) is 2.82. The van der Waals surface area contributed by atoms with Crippen LogP contribution in [0, 0.1) is 0 Å². The Morgan fingerprint density at radius 2 is 2.12 bits per heavy atom. The summed E-state index contributed by atoms with van der Waals surface area (Å²) >= 11 is 13.4. The molecule has 5 nitrogen and oxygen atoms in total. The number of halogens is 2. The topological polar surface area (TPSA) is 59.8 Å². The Morgan fingerprint density at radius 3 is 2.92 bits per heavy atom. The van der Waals surface area contributed by atoms with Gasteiger partial charge in [0.15, 0.2) is 5.16 Å². The molecule has 1 atom stereocenters. The number of aryl methyl sites for hydroxylation is 1.